The highest BCUT2D eigenvalue weighted by Gasteiger charge is 2.09. The molecule has 0 aliphatic carbocycles. The molecular formula is C18H17FN2. The lowest BCUT2D eigenvalue weighted by Crippen LogP contribution is -2.07. The van der Waals surface area contributed by atoms with Crippen LogP contribution in [0.25, 0.3) is 10.9 Å². The number of nitrogens with one attached hydrogen (secondary N) is 1. The first-order valence-corrected chi connectivity index (χ1v) is 7.01. The topological polar surface area (TPSA) is 24.9 Å². The van der Waals surface area contributed by atoms with Crippen LogP contribution in [-0.2, 0) is 0 Å². The molecule has 1 N–H and O–H groups in total. The molecule has 21 heavy (non-hydrogen) atoms. The van der Waals surface area contributed by atoms with E-state index < -0.39 is 0 Å². The van der Waals surface area contributed by atoms with E-state index in [1.54, 1.807) is 0 Å². The summed E-state index contributed by atoms with van der Waals surface area (Å²) in [6.07, 6.45) is 1.81. The van der Waals surface area contributed by atoms with E-state index >= 15 is 0 Å². The van der Waals surface area contributed by atoms with E-state index in [9.17, 15) is 4.39 Å². The van der Waals surface area contributed by atoms with Crippen molar-refractivity contribution >= 4 is 16.6 Å². The Balaban J connectivity index is 1.95. The van der Waals surface area contributed by atoms with Crippen LogP contribution in [0.15, 0.2) is 54.7 Å². The molecule has 106 valence electrons. The highest BCUT2D eigenvalue weighted by atomic mass is 19.1. The number of hydrogen-bond acceptors (Lipinski definition) is 2. The lowest BCUT2D eigenvalue weighted by molar-refractivity contribution is 0.626. The second kappa shape index (κ2) is 5.52. The highest BCUT2D eigenvalue weighted by molar-refractivity contribution is 5.93. The molecule has 2 aromatic carbocycles. The number of rotatable bonds is 3. The Hall–Kier alpha value is -2.42. The summed E-state index contributed by atoms with van der Waals surface area (Å²) in [6.45, 7) is 4.12. The summed E-state index contributed by atoms with van der Waals surface area (Å²) in [7, 11) is 0. The molecule has 1 heterocycles. The number of anilines is 1. The molecule has 1 aromatic heterocycles. The van der Waals surface area contributed by atoms with Gasteiger partial charge >= 0.3 is 0 Å². The monoisotopic (exact) mass is 280 g/mol. The lowest BCUT2D eigenvalue weighted by Gasteiger charge is -2.18. The number of pyridine rings is 1. The average molecular weight is 280 g/mol. The van der Waals surface area contributed by atoms with Crippen molar-refractivity contribution in [2.45, 2.75) is 19.9 Å². The Kier molecular flexibility index (Phi) is 3.57. The third kappa shape index (κ3) is 2.72. The minimum atomic E-state index is -0.212. The molecule has 1 atom stereocenters. The van der Waals surface area contributed by atoms with Crippen LogP contribution in [0, 0.1) is 12.7 Å². The zero-order valence-corrected chi connectivity index (χ0v) is 12.1. The van der Waals surface area contributed by atoms with Gasteiger partial charge in [-0.15, -0.1) is 0 Å². The van der Waals surface area contributed by atoms with E-state index in [1.165, 1.54) is 12.1 Å². The Bertz CT molecular complexity index is 766. The van der Waals surface area contributed by atoms with Crippen molar-refractivity contribution in [3.63, 3.8) is 0 Å². The number of aryl methyl sites for hydroxylation is 1. The van der Waals surface area contributed by atoms with Gasteiger partial charge in [0.05, 0.1) is 5.52 Å². The Morgan fingerprint density at radius 3 is 2.57 bits per heavy atom. The van der Waals surface area contributed by atoms with Crippen LogP contribution >= 0.6 is 0 Å². The molecule has 0 bridgehead atoms. The van der Waals surface area contributed by atoms with Crippen LogP contribution in [0.4, 0.5) is 10.1 Å². The zero-order chi connectivity index (χ0) is 14.8. The van der Waals surface area contributed by atoms with Crippen molar-refractivity contribution in [2.24, 2.45) is 0 Å². The van der Waals surface area contributed by atoms with Crippen molar-refractivity contribution in [3.8, 4) is 0 Å². The average Bonchev–Trinajstić information content (AvgIpc) is 2.51. The third-order valence-electron chi connectivity index (χ3n) is 3.71. The molecule has 3 aromatic rings. The quantitative estimate of drug-likeness (QED) is 0.741. The van der Waals surface area contributed by atoms with Gasteiger partial charge in [-0.05, 0) is 55.3 Å². The van der Waals surface area contributed by atoms with E-state index in [1.807, 2.05) is 24.4 Å². The fourth-order valence-electron chi connectivity index (χ4n) is 2.51. The van der Waals surface area contributed by atoms with Gasteiger partial charge in [-0.3, -0.25) is 4.98 Å². The van der Waals surface area contributed by atoms with Crippen LogP contribution < -0.4 is 5.32 Å². The second-order valence-corrected chi connectivity index (χ2v) is 5.25. The molecule has 2 nitrogen and oxygen atoms in total. The van der Waals surface area contributed by atoms with Gasteiger partial charge in [0.25, 0.3) is 0 Å². The van der Waals surface area contributed by atoms with Gasteiger partial charge in [-0.25, -0.2) is 4.39 Å². The van der Waals surface area contributed by atoms with Crippen LogP contribution in [0.5, 0.6) is 0 Å². The number of hydrogen-bond donors (Lipinski definition) is 1. The summed E-state index contributed by atoms with van der Waals surface area (Å²) < 4.78 is 13.0. The number of aromatic nitrogens is 1. The smallest absolute Gasteiger partial charge is 0.123 e. The minimum Gasteiger partial charge on any atom is -0.378 e. The van der Waals surface area contributed by atoms with Crippen LogP contribution in [0.1, 0.15) is 24.1 Å². The standard InChI is InChI=1S/C18H17FN2/c1-12-5-10-17(16-4-3-11-20-18(12)16)21-13(2)14-6-8-15(19)9-7-14/h3-11,13,21H,1-2H3. The Morgan fingerprint density at radius 2 is 1.81 bits per heavy atom. The van der Waals surface area contributed by atoms with Gasteiger partial charge in [0.2, 0.25) is 0 Å². The summed E-state index contributed by atoms with van der Waals surface area (Å²) >= 11 is 0. The van der Waals surface area contributed by atoms with Gasteiger partial charge in [0.15, 0.2) is 0 Å². The molecule has 0 radical (unpaired) electrons. The molecule has 3 heteroatoms. The van der Waals surface area contributed by atoms with E-state index in [-0.39, 0.29) is 11.9 Å². The van der Waals surface area contributed by atoms with Gasteiger partial charge in [-0.2, -0.15) is 0 Å². The van der Waals surface area contributed by atoms with Crippen LogP contribution in [-0.4, -0.2) is 4.98 Å². The molecule has 0 saturated carbocycles. The Morgan fingerprint density at radius 1 is 1.05 bits per heavy atom. The largest absolute Gasteiger partial charge is 0.378 e. The molecular weight excluding hydrogens is 263 g/mol. The van der Waals surface area contributed by atoms with Crippen molar-refractivity contribution in [3.05, 3.63) is 71.7 Å². The molecule has 1 unspecified atom stereocenters. The van der Waals surface area contributed by atoms with E-state index in [4.69, 9.17) is 0 Å². The summed E-state index contributed by atoms with van der Waals surface area (Å²) in [6, 6.07) is 14.8. The molecule has 0 aliphatic heterocycles. The molecule has 0 amide bonds. The summed E-state index contributed by atoms with van der Waals surface area (Å²) in [5.41, 5.74) is 4.26. The molecule has 0 aliphatic rings. The normalized spacial score (nSPS) is 12.3. The molecule has 0 spiro atoms. The number of benzene rings is 2. The van der Waals surface area contributed by atoms with E-state index in [0.29, 0.717) is 0 Å². The number of fused-ring (bicyclic) bond motifs is 1. The van der Waals surface area contributed by atoms with E-state index in [2.05, 4.69) is 42.3 Å². The first-order chi connectivity index (χ1) is 10.1. The fraction of sp³-hybridized carbons (Fsp3) is 0.167. The zero-order valence-electron chi connectivity index (χ0n) is 12.1. The maximum absolute atomic E-state index is 13.0. The number of halogens is 1. The summed E-state index contributed by atoms with van der Waals surface area (Å²) in [4.78, 5) is 4.44. The third-order valence-corrected chi connectivity index (χ3v) is 3.71. The van der Waals surface area contributed by atoms with Crippen LogP contribution in [0.3, 0.4) is 0 Å². The Labute approximate surface area is 123 Å². The second-order valence-electron chi connectivity index (χ2n) is 5.25. The summed E-state index contributed by atoms with van der Waals surface area (Å²) in [5, 5.41) is 4.59. The van der Waals surface area contributed by atoms with Crippen molar-refractivity contribution in [1.29, 1.82) is 0 Å². The molecule has 0 fully saturated rings. The number of nitrogens with zero attached hydrogens (tertiary/aromatic N) is 1. The lowest BCUT2D eigenvalue weighted by atomic mass is 10.1. The van der Waals surface area contributed by atoms with Crippen molar-refractivity contribution in [2.75, 3.05) is 5.32 Å². The van der Waals surface area contributed by atoms with Gasteiger partial charge in [-0.1, -0.05) is 18.2 Å². The first kappa shape index (κ1) is 13.6. The maximum Gasteiger partial charge on any atom is 0.123 e. The predicted molar refractivity (Wildman–Crippen MR) is 84.9 cm³/mol. The SMILES string of the molecule is Cc1ccc(NC(C)c2ccc(F)cc2)c2cccnc12. The van der Waals surface area contributed by atoms with Gasteiger partial charge in [0, 0.05) is 23.3 Å². The fourth-order valence-corrected chi connectivity index (χ4v) is 2.51. The summed E-state index contributed by atoms with van der Waals surface area (Å²) in [5.74, 6) is -0.212. The van der Waals surface area contributed by atoms with Gasteiger partial charge in [0.1, 0.15) is 5.82 Å². The van der Waals surface area contributed by atoms with E-state index in [0.717, 1.165) is 27.7 Å². The van der Waals surface area contributed by atoms with Crippen molar-refractivity contribution in [1.82, 2.24) is 4.98 Å². The highest BCUT2D eigenvalue weighted by Crippen LogP contribution is 2.28. The maximum atomic E-state index is 13.0. The first-order valence-electron chi connectivity index (χ1n) is 7.01. The molecule has 0 saturated heterocycles. The minimum absolute atomic E-state index is 0.0942. The van der Waals surface area contributed by atoms with Crippen molar-refractivity contribution < 1.29 is 4.39 Å². The van der Waals surface area contributed by atoms with Crippen LogP contribution in [0.2, 0.25) is 0 Å². The predicted octanol–water partition coefficient (Wildman–Crippen LogP) is 4.86. The van der Waals surface area contributed by atoms with Gasteiger partial charge < -0.3 is 5.32 Å². The molecule has 3 rings (SSSR count).